The van der Waals surface area contributed by atoms with Gasteiger partial charge in [-0.25, -0.2) is 9.37 Å². The minimum absolute atomic E-state index is 0.0510. The van der Waals surface area contributed by atoms with Crippen LogP contribution in [0.15, 0.2) is 49.4 Å². The van der Waals surface area contributed by atoms with Crippen molar-refractivity contribution < 1.29 is 13.9 Å². The molecule has 1 N–H and O–H groups in total. The van der Waals surface area contributed by atoms with Crippen LogP contribution in [0.2, 0.25) is 5.02 Å². The summed E-state index contributed by atoms with van der Waals surface area (Å²) < 4.78 is 24.8. The second-order valence-corrected chi connectivity index (χ2v) is 11.3. The van der Waals surface area contributed by atoms with Crippen molar-refractivity contribution >= 4 is 45.1 Å². The van der Waals surface area contributed by atoms with Crippen molar-refractivity contribution in [1.29, 1.82) is 0 Å². The average molecular weight is 603 g/mol. The molecule has 12 heteroatoms. The molecule has 2 aromatic carbocycles. The molecule has 3 aromatic heterocycles. The zero-order chi connectivity index (χ0) is 30.4. The molecule has 1 fully saturated rings. The zero-order valence-electron chi connectivity index (χ0n) is 24.4. The second-order valence-electron chi connectivity index (χ2n) is 10.9. The molecular formula is C31H32ClFN8O2. The lowest BCUT2D eigenvalue weighted by Crippen LogP contribution is -2.58. The van der Waals surface area contributed by atoms with E-state index in [2.05, 4.69) is 31.6 Å². The summed E-state index contributed by atoms with van der Waals surface area (Å²) in [5.74, 6) is 0.648. The Morgan fingerprint density at radius 1 is 1.19 bits per heavy atom. The molecule has 10 nitrogen and oxygen atoms in total. The third-order valence-corrected chi connectivity index (χ3v) is 8.43. The molecule has 0 radical (unpaired) electrons. The summed E-state index contributed by atoms with van der Waals surface area (Å²) in [7, 11) is 0. The highest BCUT2D eigenvalue weighted by Gasteiger charge is 2.34. The van der Waals surface area contributed by atoms with E-state index in [0.717, 1.165) is 22.3 Å². The fourth-order valence-corrected chi connectivity index (χ4v) is 6.14. The zero-order valence-corrected chi connectivity index (χ0v) is 25.2. The van der Waals surface area contributed by atoms with E-state index in [1.807, 2.05) is 50.6 Å². The standard InChI is InChI=1S/C31H32ClFN8O2/c1-6-25(42)40-15-19(4)41(16-18(40)3)30-21-13-23(32)27(26-17(2)7-8-24-22(26)14-35-38-24)28(33)29(21)36-31(37-30)43-12-11-39-10-9-34-20(39)5/h6-10,13-14,18-19H,1,11-12,15-16H2,2-5H3,(H,35,38)/t18-,19+/m1/s1. The van der Waals surface area contributed by atoms with Gasteiger partial charge in [0.05, 0.1) is 23.3 Å². The maximum Gasteiger partial charge on any atom is 0.319 e. The first-order valence-electron chi connectivity index (χ1n) is 14.1. The lowest BCUT2D eigenvalue weighted by atomic mass is 9.95. The number of halogens is 2. The van der Waals surface area contributed by atoms with E-state index in [0.29, 0.717) is 36.4 Å². The van der Waals surface area contributed by atoms with Crippen LogP contribution < -0.4 is 9.64 Å². The Kier molecular flexibility index (Phi) is 7.51. The molecule has 4 heterocycles. The van der Waals surface area contributed by atoms with Crippen LogP contribution in [-0.2, 0) is 11.3 Å². The molecular weight excluding hydrogens is 571 g/mol. The Bertz CT molecular complexity index is 1870. The Hall–Kier alpha value is -4.51. The summed E-state index contributed by atoms with van der Waals surface area (Å²) in [6.45, 7) is 13.1. The lowest BCUT2D eigenvalue weighted by molar-refractivity contribution is -0.128. The van der Waals surface area contributed by atoms with Crippen molar-refractivity contribution in [3.05, 3.63) is 71.7 Å². The van der Waals surface area contributed by atoms with Gasteiger partial charge in [-0.1, -0.05) is 24.2 Å². The smallest absolute Gasteiger partial charge is 0.319 e. The number of nitrogens with one attached hydrogen (secondary N) is 1. The number of nitrogens with zero attached hydrogens (tertiary/aromatic N) is 7. The monoisotopic (exact) mass is 602 g/mol. The summed E-state index contributed by atoms with van der Waals surface area (Å²) in [5, 5.41) is 8.56. The average Bonchev–Trinajstić information content (AvgIpc) is 3.63. The predicted octanol–water partition coefficient (Wildman–Crippen LogP) is 5.47. The van der Waals surface area contributed by atoms with Gasteiger partial charge in [0.1, 0.15) is 23.8 Å². The van der Waals surface area contributed by atoms with Gasteiger partial charge in [-0.2, -0.15) is 15.1 Å². The molecule has 2 atom stereocenters. The summed E-state index contributed by atoms with van der Waals surface area (Å²) in [5.41, 5.74) is 2.61. The number of carbonyl (C=O) groups is 1. The number of carbonyl (C=O) groups excluding carboxylic acids is 1. The second kappa shape index (κ2) is 11.3. The molecule has 0 aliphatic carbocycles. The summed E-state index contributed by atoms with van der Waals surface area (Å²) >= 11 is 6.89. The highest BCUT2D eigenvalue weighted by Crippen LogP contribution is 2.42. The number of amides is 1. The van der Waals surface area contributed by atoms with Crippen LogP contribution in [0.3, 0.4) is 0 Å². The first-order valence-corrected chi connectivity index (χ1v) is 14.5. The molecule has 222 valence electrons. The molecule has 1 saturated heterocycles. The highest BCUT2D eigenvalue weighted by molar-refractivity contribution is 6.35. The normalized spacial score (nSPS) is 17.2. The molecule has 43 heavy (non-hydrogen) atoms. The molecule has 1 aliphatic rings. The van der Waals surface area contributed by atoms with Gasteiger partial charge in [0.15, 0.2) is 5.82 Å². The lowest BCUT2D eigenvalue weighted by Gasteiger charge is -2.44. The molecule has 1 amide bonds. The van der Waals surface area contributed by atoms with Gasteiger partial charge in [-0.05, 0) is 51.5 Å². The number of anilines is 1. The molecule has 0 saturated carbocycles. The topological polar surface area (TPSA) is 105 Å². The summed E-state index contributed by atoms with van der Waals surface area (Å²) in [4.78, 5) is 30.0. The van der Waals surface area contributed by atoms with E-state index >= 15 is 4.39 Å². The van der Waals surface area contributed by atoms with Crippen molar-refractivity contribution in [1.82, 2.24) is 34.6 Å². The third kappa shape index (κ3) is 5.07. The van der Waals surface area contributed by atoms with E-state index in [1.165, 1.54) is 6.08 Å². The molecule has 5 aromatic rings. The number of fused-ring (bicyclic) bond motifs is 2. The molecule has 0 bridgehead atoms. The van der Waals surface area contributed by atoms with Gasteiger partial charge in [0.2, 0.25) is 5.91 Å². The number of aryl methyl sites for hydroxylation is 2. The predicted molar refractivity (Wildman–Crippen MR) is 165 cm³/mol. The number of benzene rings is 2. The van der Waals surface area contributed by atoms with Crippen molar-refractivity contribution in [2.45, 2.75) is 46.3 Å². The maximum atomic E-state index is 16.8. The number of ether oxygens (including phenoxy) is 1. The van der Waals surface area contributed by atoms with E-state index in [-0.39, 0.29) is 46.7 Å². The van der Waals surface area contributed by atoms with Crippen LogP contribution in [0.5, 0.6) is 6.01 Å². The minimum Gasteiger partial charge on any atom is -0.461 e. The Morgan fingerprint density at radius 2 is 2.00 bits per heavy atom. The van der Waals surface area contributed by atoms with Gasteiger partial charge >= 0.3 is 6.01 Å². The number of hydrogen-bond donors (Lipinski definition) is 1. The van der Waals surface area contributed by atoms with E-state index in [9.17, 15) is 4.79 Å². The SMILES string of the molecule is C=CC(=O)N1C[C@H](C)N(c2nc(OCCn3ccnc3C)nc3c(F)c(-c4c(C)ccc5[nH]ncc45)c(Cl)cc23)C[C@H]1C. The maximum absolute atomic E-state index is 16.8. The molecule has 6 rings (SSSR count). The number of aromatic nitrogens is 6. The Morgan fingerprint density at radius 3 is 2.74 bits per heavy atom. The van der Waals surface area contributed by atoms with Gasteiger partial charge < -0.3 is 19.1 Å². The molecule has 0 spiro atoms. The number of imidazole rings is 1. The van der Waals surface area contributed by atoms with Crippen molar-refractivity contribution in [3.63, 3.8) is 0 Å². The summed E-state index contributed by atoms with van der Waals surface area (Å²) in [6.07, 6.45) is 6.59. The van der Waals surface area contributed by atoms with Gasteiger partial charge in [-0.15, -0.1) is 0 Å². The van der Waals surface area contributed by atoms with E-state index in [1.54, 1.807) is 23.4 Å². The largest absolute Gasteiger partial charge is 0.461 e. The number of piperazine rings is 1. The fraction of sp³-hybridized carbons (Fsp3) is 0.323. The molecule has 0 unspecified atom stereocenters. The Labute approximate surface area is 253 Å². The number of rotatable bonds is 7. The first kappa shape index (κ1) is 28.6. The number of hydrogen-bond acceptors (Lipinski definition) is 7. The van der Waals surface area contributed by atoms with Crippen molar-refractivity contribution in [3.8, 4) is 17.1 Å². The highest BCUT2D eigenvalue weighted by atomic mass is 35.5. The van der Waals surface area contributed by atoms with Crippen LogP contribution in [0.25, 0.3) is 32.9 Å². The van der Waals surface area contributed by atoms with E-state index < -0.39 is 5.82 Å². The Balaban J connectivity index is 1.49. The van der Waals surface area contributed by atoms with Crippen LogP contribution in [-0.4, -0.2) is 72.3 Å². The van der Waals surface area contributed by atoms with Crippen molar-refractivity contribution in [2.75, 3.05) is 24.6 Å². The van der Waals surface area contributed by atoms with Gasteiger partial charge in [-0.3, -0.25) is 9.89 Å². The van der Waals surface area contributed by atoms with Crippen LogP contribution in [0.1, 0.15) is 25.2 Å². The van der Waals surface area contributed by atoms with Gasteiger partial charge in [0, 0.05) is 59.5 Å². The van der Waals surface area contributed by atoms with Crippen molar-refractivity contribution in [2.24, 2.45) is 0 Å². The third-order valence-electron chi connectivity index (χ3n) is 8.13. The fourth-order valence-electron chi connectivity index (χ4n) is 5.85. The van der Waals surface area contributed by atoms with E-state index in [4.69, 9.17) is 21.3 Å². The number of aromatic amines is 1. The summed E-state index contributed by atoms with van der Waals surface area (Å²) in [6, 6.07) is 5.31. The molecule has 1 aliphatic heterocycles. The first-order chi connectivity index (χ1) is 20.7. The van der Waals surface area contributed by atoms with Crippen LogP contribution in [0.4, 0.5) is 10.2 Å². The van der Waals surface area contributed by atoms with Crippen LogP contribution in [0, 0.1) is 19.7 Å². The quantitative estimate of drug-likeness (QED) is 0.246. The van der Waals surface area contributed by atoms with Gasteiger partial charge in [0.25, 0.3) is 0 Å². The number of H-pyrrole nitrogens is 1. The van der Waals surface area contributed by atoms with Crippen LogP contribution >= 0.6 is 11.6 Å². The minimum atomic E-state index is -0.570.